The van der Waals surface area contributed by atoms with Crippen LogP contribution in [0.2, 0.25) is 0 Å². The Bertz CT molecular complexity index is 2130. The van der Waals surface area contributed by atoms with Gasteiger partial charge in [-0.3, -0.25) is 0 Å². The van der Waals surface area contributed by atoms with E-state index in [2.05, 4.69) is 0 Å². The van der Waals surface area contributed by atoms with E-state index in [-0.39, 0.29) is 66.8 Å². The number of nitriles is 6. The van der Waals surface area contributed by atoms with Crippen molar-refractivity contribution in [3.8, 4) is 36.4 Å². The van der Waals surface area contributed by atoms with Crippen molar-refractivity contribution in [1.82, 2.24) is 0 Å². The van der Waals surface area contributed by atoms with Gasteiger partial charge >= 0.3 is 12.4 Å². The molecule has 0 amide bonds. The minimum absolute atomic E-state index is 0.0154. The lowest BCUT2D eigenvalue weighted by Gasteiger charge is -2.16. The predicted molar refractivity (Wildman–Crippen MR) is 151 cm³/mol. The number of allylic oxidation sites excluding steroid dienone is 8. The van der Waals surface area contributed by atoms with E-state index < -0.39 is 34.6 Å². The molecular formula is C34H10F6N6. The zero-order chi connectivity index (χ0) is 33.6. The van der Waals surface area contributed by atoms with Gasteiger partial charge in [0.25, 0.3) is 0 Å². The van der Waals surface area contributed by atoms with Crippen LogP contribution in [-0.2, 0) is 0 Å². The molecule has 0 aliphatic heterocycles. The second kappa shape index (κ2) is 11.0. The van der Waals surface area contributed by atoms with Gasteiger partial charge in [0.2, 0.25) is 0 Å². The van der Waals surface area contributed by atoms with Crippen molar-refractivity contribution in [1.29, 1.82) is 31.6 Å². The molecule has 2 aliphatic rings. The SMILES string of the molecule is N#CC1=C(c2cccc(C3=C(C#N)c4cc(C#N)ccc4/C3=C(\C#N)C(F)(F)F)c2)/C(=C(/C#N)C(F)(F)F)c2ccc(C#N)cc21. The Morgan fingerprint density at radius 2 is 0.870 bits per heavy atom. The predicted octanol–water partition coefficient (Wildman–Crippen LogP) is 8.00. The van der Waals surface area contributed by atoms with Crippen LogP contribution in [-0.4, -0.2) is 12.4 Å². The van der Waals surface area contributed by atoms with E-state index in [0.717, 1.165) is 18.2 Å². The standard InChI is InChI=1S/C34H10F6N6/c35-33(36,37)27(15-45)31-21-6-4-17(11-41)8-23(21)25(13-43)29(31)19-2-1-3-20(10-19)30-26(14-44)24-9-18(12-42)5-7-22(24)32(30)28(16-46)34(38,39)40/h1-10H/b31-27-,32-28-. The molecule has 0 radical (unpaired) electrons. The first-order valence-corrected chi connectivity index (χ1v) is 12.8. The summed E-state index contributed by atoms with van der Waals surface area (Å²) in [5.74, 6) is 0. The summed E-state index contributed by atoms with van der Waals surface area (Å²) in [6.07, 6.45) is -10.4. The summed E-state index contributed by atoms with van der Waals surface area (Å²) in [4.78, 5) is 0. The highest BCUT2D eigenvalue weighted by Crippen LogP contribution is 2.53. The smallest absolute Gasteiger partial charge is 0.192 e. The third-order valence-corrected chi connectivity index (χ3v) is 7.33. The second-order valence-corrected chi connectivity index (χ2v) is 9.77. The Hall–Kier alpha value is -6.86. The molecule has 0 saturated carbocycles. The van der Waals surface area contributed by atoms with Crippen molar-refractivity contribution in [3.05, 3.63) is 116 Å². The van der Waals surface area contributed by atoms with Crippen LogP contribution in [0.1, 0.15) is 44.5 Å². The summed E-state index contributed by atoms with van der Waals surface area (Å²) in [5, 5.41) is 58.2. The van der Waals surface area contributed by atoms with E-state index >= 15 is 0 Å². The fraction of sp³-hybridized carbons (Fsp3) is 0.0588. The summed E-state index contributed by atoms with van der Waals surface area (Å²) in [6, 6.07) is 21.8. The molecule has 0 spiro atoms. The maximum absolute atomic E-state index is 14.2. The van der Waals surface area contributed by atoms with Crippen LogP contribution in [0.25, 0.3) is 33.4 Å². The van der Waals surface area contributed by atoms with Crippen LogP contribution in [0.5, 0.6) is 0 Å². The number of nitrogens with zero attached hydrogens (tertiary/aromatic N) is 6. The van der Waals surface area contributed by atoms with Gasteiger partial charge in [0.15, 0.2) is 0 Å². The van der Waals surface area contributed by atoms with E-state index in [1.807, 2.05) is 24.3 Å². The zero-order valence-corrected chi connectivity index (χ0v) is 22.7. The number of alkyl halides is 6. The topological polar surface area (TPSA) is 143 Å². The Morgan fingerprint density at radius 3 is 1.17 bits per heavy atom. The van der Waals surface area contributed by atoms with E-state index in [4.69, 9.17) is 0 Å². The molecule has 0 atom stereocenters. The largest absolute Gasteiger partial charge is 0.426 e. The lowest BCUT2D eigenvalue weighted by Crippen LogP contribution is -2.13. The zero-order valence-electron chi connectivity index (χ0n) is 22.7. The molecule has 0 saturated heterocycles. The number of benzene rings is 3. The molecule has 6 nitrogen and oxygen atoms in total. The van der Waals surface area contributed by atoms with Gasteiger partial charge in [0.1, 0.15) is 35.4 Å². The maximum atomic E-state index is 14.2. The number of hydrogen-bond acceptors (Lipinski definition) is 6. The quantitative estimate of drug-likeness (QED) is 0.211. The van der Waals surface area contributed by atoms with E-state index in [1.165, 1.54) is 54.6 Å². The van der Waals surface area contributed by atoms with Crippen molar-refractivity contribution >= 4 is 33.4 Å². The number of hydrogen-bond donors (Lipinski definition) is 0. The average molecular weight is 616 g/mol. The van der Waals surface area contributed by atoms with Gasteiger partial charge in [-0.05, 0) is 52.6 Å². The van der Waals surface area contributed by atoms with Gasteiger partial charge in [0, 0.05) is 33.4 Å². The maximum Gasteiger partial charge on any atom is 0.426 e. The van der Waals surface area contributed by atoms with Gasteiger partial charge in [-0.15, -0.1) is 0 Å². The fourth-order valence-electron chi connectivity index (χ4n) is 5.55. The lowest BCUT2D eigenvalue weighted by molar-refractivity contribution is -0.0876. The van der Waals surface area contributed by atoms with E-state index in [1.54, 1.807) is 0 Å². The highest BCUT2D eigenvalue weighted by Gasteiger charge is 2.43. The van der Waals surface area contributed by atoms with Crippen LogP contribution in [0.15, 0.2) is 71.8 Å². The minimum atomic E-state index is -5.19. The van der Waals surface area contributed by atoms with Crippen LogP contribution in [0, 0.1) is 68.0 Å². The van der Waals surface area contributed by atoms with Crippen LogP contribution < -0.4 is 0 Å². The monoisotopic (exact) mass is 616 g/mol. The third-order valence-electron chi connectivity index (χ3n) is 7.33. The van der Waals surface area contributed by atoms with E-state index in [0.29, 0.717) is 0 Å². The molecule has 0 aromatic heterocycles. The molecule has 0 unspecified atom stereocenters. The van der Waals surface area contributed by atoms with Crippen molar-refractivity contribution in [3.63, 3.8) is 0 Å². The molecular weight excluding hydrogens is 606 g/mol. The molecule has 2 aliphatic carbocycles. The summed E-state index contributed by atoms with van der Waals surface area (Å²) in [7, 11) is 0. The second-order valence-electron chi connectivity index (χ2n) is 9.77. The van der Waals surface area contributed by atoms with Gasteiger partial charge in [-0.2, -0.15) is 57.9 Å². The number of halogens is 6. The fourth-order valence-corrected chi connectivity index (χ4v) is 5.55. The number of rotatable bonds is 2. The Morgan fingerprint density at radius 1 is 0.478 bits per heavy atom. The van der Waals surface area contributed by atoms with Gasteiger partial charge < -0.3 is 0 Å². The van der Waals surface area contributed by atoms with Crippen LogP contribution in [0.4, 0.5) is 26.3 Å². The first-order valence-electron chi connectivity index (χ1n) is 12.8. The Balaban J connectivity index is 1.90. The number of fused-ring (bicyclic) bond motifs is 2. The lowest BCUT2D eigenvalue weighted by atomic mass is 9.88. The molecule has 0 heterocycles. The first-order chi connectivity index (χ1) is 21.8. The molecule has 0 fully saturated rings. The van der Waals surface area contributed by atoms with Crippen LogP contribution in [0.3, 0.4) is 0 Å². The summed E-state index contributed by atoms with van der Waals surface area (Å²) in [6.45, 7) is 0. The van der Waals surface area contributed by atoms with Gasteiger partial charge in [-0.25, -0.2) is 0 Å². The summed E-state index contributed by atoms with van der Waals surface area (Å²) in [5.41, 5.74) is -6.72. The normalized spacial score (nSPS) is 15.8. The molecule has 12 heteroatoms. The average Bonchev–Trinajstić information content (AvgIpc) is 3.52. The minimum Gasteiger partial charge on any atom is -0.192 e. The third kappa shape index (κ3) is 4.74. The van der Waals surface area contributed by atoms with Crippen LogP contribution >= 0.6 is 0 Å². The van der Waals surface area contributed by atoms with Crippen molar-refractivity contribution in [2.24, 2.45) is 0 Å². The van der Waals surface area contributed by atoms with Crippen molar-refractivity contribution in [2.45, 2.75) is 12.4 Å². The Labute approximate surface area is 256 Å². The highest BCUT2D eigenvalue weighted by atomic mass is 19.4. The molecule has 0 N–H and O–H groups in total. The first kappa shape index (κ1) is 30.6. The van der Waals surface area contributed by atoms with E-state index in [9.17, 15) is 57.9 Å². The molecule has 0 bridgehead atoms. The summed E-state index contributed by atoms with van der Waals surface area (Å²) < 4.78 is 85.3. The van der Waals surface area contributed by atoms with Crippen molar-refractivity contribution in [2.75, 3.05) is 0 Å². The molecule has 3 aromatic rings. The summed E-state index contributed by atoms with van der Waals surface area (Å²) >= 11 is 0. The molecule has 46 heavy (non-hydrogen) atoms. The molecule has 3 aromatic carbocycles. The van der Waals surface area contributed by atoms with Gasteiger partial charge in [0.05, 0.1) is 34.4 Å². The highest BCUT2D eigenvalue weighted by molar-refractivity contribution is 6.27. The molecule has 5 rings (SSSR count). The van der Waals surface area contributed by atoms with Crippen molar-refractivity contribution < 1.29 is 26.3 Å². The van der Waals surface area contributed by atoms with Gasteiger partial charge in [-0.1, -0.05) is 30.3 Å². The Kier molecular flexibility index (Phi) is 7.32. The molecule has 218 valence electrons.